The summed E-state index contributed by atoms with van der Waals surface area (Å²) in [5.41, 5.74) is 6.59. The molecule has 0 saturated heterocycles. The van der Waals surface area contributed by atoms with Crippen LogP contribution >= 0.6 is 34.7 Å². The van der Waals surface area contributed by atoms with Crippen LogP contribution in [0.3, 0.4) is 0 Å². The molecule has 0 spiro atoms. The molecular weight excluding hydrogens is 312 g/mol. The molecule has 3 N–H and O–H groups in total. The maximum absolute atomic E-state index is 12.3. The van der Waals surface area contributed by atoms with Crippen LogP contribution < -0.4 is 11.1 Å². The summed E-state index contributed by atoms with van der Waals surface area (Å²) in [5, 5.41) is 4.47. The van der Waals surface area contributed by atoms with Crippen LogP contribution in [0.4, 0.5) is 5.69 Å². The van der Waals surface area contributed by atoms with Crippen molar-refractivity contribution >= 4 is 56.4 Å². The third kappa shape index (κ3) is 3.22. The number of nitrogen functional groups attached to an aromatic ring is 1. The zero-order valence-corrected chi connectivity index (χ0v) is 14.0. The molecule has 6 heteroatoms. The van der Waals surface area contributed by atoms with Gasteiger partial charge < -0.3 is 11.1 Å². The van der Waals surface area contributed by atoms with Gasteiger partial charge >= 0.3 is 0 Å². The third-order valence-electron chi connectivity index (χ3n) is 3.12. The Morgan fingerprint density at radius 1 is 1.50 bits per heavy atom. The van der Waals surface area contributed by atoms with Crippen molar-refractivity contribution < 1.29 is 4.79 Å². The van der Waals surface area contributed by atoms with Crippen LogP contribution in [0.1, 0.15) is 23.5 Å². The Bertz CT molecular complexity index is 652. The number of halogens is 1. The molecule has 0 aliphatic heterocycles. The van der Waals surface area contributed by atoms with Crippen LogP contribution in [0.2, 0.25) is 5.02 Å². The molecule has 0 fully saturated rings. The minimum absolute atomic E-state index is 0.00438. The molecule has 0 aliphatic rings. The van der Waals surface area contributed by atoms with E-state index >= 15 is 0 Å². The number of benzene rings is 1. The number of hydrogen-bond acceptors (Lipinski definition) is 4. The smallest absolute Gasteiger partial charge is 0.263 e. The van der Waals surface area contributed by atoms with Crippen LogP contribution in [0.15, 0.2) is 18.2 Å². The molecule has 1 aromatic heterocycles. The maximum Gasteiger partial charge on any atom is 0.263 e. The summed E-state index contributed by atoms with van der Waals surface area (Å²) in [6.07, 6.45) is 2.03. The highest BCUT2D eigenvalue weighted by molar-refractivity contribution is 7.99. The largest absolute Gasteiger partial charge is 0.397 e. The van der Waals surface area contributed by atoms with E-state index in [9.17, 15) is 4.79 Å². The van der Waals surface area contributed by atoms with Gasteiger partial charge in [-0.2, -0.15) is 11.8 Å². The molecule has 0 unspecified atom stereocenters. The second-order valence-corrected chi connectivity index (χ2v) is 8.13. The molecule has 0 atom stereocenters. The van der Waals surface area contributed by atoms with E-state index in [1.54, 1.807) is 17.8 Å². The summed E-state index contributed by atoms with van der Waals surface area (Å²) in [7, 11) is 0. The molecule has 1 aromatic carbocycles. The number of thiophene rings is 1. The summed E-state index contributed by atoms with van der Waals surface area (Å²) in [5.74, 6) is -0.123. The predicted octanol–water partition coefficient (Wildman–Crippen LogP) is 4.01. The summed E-state index contributed by atoms with van der Waals surface area (Å²) in [6, 6.07) is 5.47. The minimum atomic E-state index is -0.123. The molecule has 2 rings (SSSR count). The molecular formula is C14H17ClN2OS2. The Balaban J connectivity index is 2.24. The van der Waals surface area contributed by atoms with E-state index in [-0.39, 0.29) is 10.7 Å². The summed E-state index contributed by atoms with van der Waals surface area (Å²) < 4.78 is 0.939. The zero-order chi connectivity index (χ0) is 14.9. The highest BCUT2D eigenvalue weighted by Crippen LogP contribution is 2.35. The third-order valence-corrected chi connectivity index (χ3v) is 5.78. The SMILES string of the molecule is CSC(C)(C)CNC(=O)c1sc2cc(Cl)ccc2c1N. The fraction of sp³-hybridized carbons (Fsp3) is 0.357. The summed E-state index contributed by atoms with van der Waals surface area (Å²) >= 11 is 9.05. The van der Waals surface area contributed by atoms with Gasteiger partial charge in [0.2, 0.25) is 0 Å². The first-order valence-electron chi connectivity index (χ1n) is 6.15. The van der Waals surface area contributed by atoms with Gasteiger partial charge in [-0.15, -0.1) is 11.3 Å². The lowest BCUT2D eigenvalue weighted by atomic mass is 10.2. The number of fused-ring (bicyclic) bond motifs is 1. The molecule has 3 nitrogen and oxygen atoms in total. The lowest BCUT2D eigenvalue weighted by Gasteiger charge is -2.22. The number of nitrogens with two attached hydrogens (primary N) is 1. The highest BCUT2D eigenvalue weighted by Gasteiger charge is 2.20. The normalized spacial score (nSPS) is 11.8. The number of nitrogens with one attached hydrogen (secondary N) is 1. The average molecular weight is 329 g/mol. The first kappa shape index (κ1) is 15.5. The first-order valence-corrected chi connectivity index (χ1v) is 8.57. The maximum atomic E-state index is 12.3. The van der Waals surface area contributed by atoms with E-state index in [1.807, 2.05) is 18.4 Å². The molecule has 2 aromatic rings. The van der Waals surface area contributed by atoms with Crippen molar-refractivity contribution in [3.8, 4) is 0 Å². The van der Waals surface area contributed by atoms with Crippen LogP contribution in [0, 0.1) is 0 Å². The lowest BCUT2D eigenvalue weighted by molar-refractivity contribution is 0.0955. The quantitative estimate of drug-likeness (QED) is 0.891. The van der Waals surface area contributed by atoms with Gasteiger partial charge in [0, 0.05) is 26.4 Å². The number of amides is 1. The monoisotopic (exact) mass is 328 g/mol. The van der Waals surface area contributed by atoms with Gasteiger partial charge in [0.05, 0.1) is 5.69 Å². The van der Waals surface area contributed by atoms with Gasteiger partial charge in [-0.25, -0.2) is 0 Å². The Morgan fingerprint density at radius 2 is 2.20 bits per heavy atom. The van der Waals surface area contributed by atoms with Gasteiger partial charge in [-0.1, -0.05) is 11.6 Å². The van der Waals surface area contributed by atoms with Crippen molar-refractivity contribution in [2.45, 2.75) is 18.6 Å². The van der Waals surface area contributed by atoms with Crippen LogP contribution in [-0.4, -0.2) is 23.5 Å². The molecule has 0 saturated carbocycles. The van der Waals surface area contributed by atoms with Crippen molar-refractivity contribution in [1.29, 1.82) is 0 Å². The molecule has 0 bridgehead atoms. The number of carbonyl (C=O) groups excluding carboxylic acids is 1. The average Bonchev–Trinajstić information content (AvgIpc) is 2.73. The van der Waals surface area contributed by atoms with Crippen molar-refractivity contribution in [3.05, 3.63) is 28.1 Å². The van der Waals surface area contributed by atoms with E-state index in [0.29, 0.717) is 22.1 Å². The Morgan fingerprint density at radius 3 is 2.85 bits per heavy atom. The lowest BCUT2D eigenvalue weighted by Crippen LogP contribution is -2.35. The fourth-order valence-electron chi connectivity index (χ4n) is 1.70. The minimum Gasteiger partial charge on any atom is -0.397 e. The highest BCUT2D eigenvalue weighted by atomic mass is 35.5. The van der Waals surface area contributed by atoms with Crippen LogP contribution in [0.5, 0.6) is 0 Å². The standard InChI is InChI=1S/C14H17ClN2OS2/c1-14(2,19-3)7-17-13(18)12-11(16)9-5-4-8(15)6-10(9)20-12/h4-6H,7,16H2,1-3H3,(H,17,18). The molecule has 1 amide bonds. The summed E-state index contributed by atoms with van der Waals surface area (Å²) in [6.45, 7) is 4.78. The first-order chi connectivity index (χ1) is 9.34. The zero-order valence-electron chi connectivity index (χ0n) is 11.6. The van der Waals surface area contributed by atoms with E-state index in [2.05, 4.69) is 19.2 Å². The van der Waals surface area contributed by atoms with Gasteiger partial charge in [-0.05, 0) is 38.3 Å². The second kappa shape index (κ2) is 5.84. The van der Waals surface area contributed by atoms with E-state index < -0.39 is 0 Å². The van der Waals surface area contributed by atoms with Crippen molar-refractivity contribution in [3.63, 3.8) is 0 Å². The summed E-state index contributed by atoms with van der Waals surface area (Å²) in [4.78, 5) is 12.8. The Labute approximate surface area is 131 Å². The number of carbonyl (C=O) groups is 1. The predicted molar refractivity (Wildman–Crippen MR) is 91.2 cm³/mol. The Kier molecular flexibility index (Phi) is 4.52. The van der Waals surface area contributed by atoms with Crippen LogP contribution in [-0.2, 0) is 0 Å². The van der Waals surface area contributed by atoms with E-state index in [4.69, 9.17) is 17.3 Å². The van der Waals surface area contributed by atoms with Crippen molar-refractivity contribution in [2.24, 2.45) is 0 Å². The second-order valence-electron chi connectivity index (χ2n) is 5.13. The van der Waals surface area contributed by atoms with Gasteiger partial charge in [0.25, 0.3) is 5.91 Å². The topological polar surface area (TPSA) is 55.1 Å². The van der Waals surface area contributed by atoms with Gasteiger partial charge in [-0.3, -0.25) is 4.79 Å². The number of hydrogen-bond donors (Lipinski definition) is 2. The molecule has 0 aliphatic carbocycles. The van der Waals surface area contributed by atoms with Crippen molar-refractivity contribution in [1.82, 2.24) is 5.32 Å². The number of rotatable bonds is 4. The number of thioether (sulfide) groups is 1. The van der Waals surface area contributed by atoms with Gasteiger partial charge in [0.1, 0.15) is 4.88 Å². The van der Waals surface area contributed by atoms with Crippen LogP contribution in [0.25, 0.3) is 10.1 Å². The fourth-order valence-corrected chi connectivity index (χ4v) is 3.24. The van der Waals surface area contributed by atoms with Crippen molar-refractivity contribution in [2.75, 3.05) is 18.5 Å². The van der Waals surface area contributed by atoms with E-state index in [0.717, 1.165) is 10.1 Å². The molecule has 0 radical (unpaired) electrons. The number of anilines is 1. The molecule has 1 heterocycles. The molecule has 108 valence electrons. The molecule has 20 heavy (non-hydrogen) atoms. The van der Waals surface area contributed by atoms with E-state index in [1.165, 1.54) is 11.3 Å². The Hall–Kier alpha value is -0.910. The van der Waals surface area contributed by atoms with Gasteiger partial charge in [0.15, 0.2) is 0 Å².